The number of carbonyl (C=O) groups is 1. The molecule has 3 nitrogen and oxygen atoms in total. The summed E-state index contributed by atoms with van der Waals surface area (Å²) in [6.45, 7) is 0.871. The number of nitrogens with one attached hydrogen (secondary N) is 2. The smallest absolute Gasteiger partial charge is 0.238 e. The van der Waals surface area contributed by atoms with Crippen molar-refractivity contribution in [2.75, 3.05) is 18.4 Å². The normalized spacial score (nSPS) is 10.2. The van der Waals surface area contributed by atoms with E-state index in [2.05, 4.69) is 10.6 Å². The molecule has 0 atom stereocenters. The number of amides is 1. The van der Waals surface area contributed by atoms with Gasteiger partial charge in [-0.3, -0.25) is 4.79 Å². The Kier molecular flexibility index (Phi) is 5.26. The van der Waals surface area contributed by atoms with Gasteiger partial charge in [0, 0.05) is 0 Å². The van der Waals surface area contributed by atoms with E-state index in [1.165, 1.54) is 17.7 Å². The lowest BCUT2D eigenvalue weighted by Gasteiger charge is -2.07. The minimum atomic E-state index is -0.426. The molecule has 0 fully saturated rings. The molecular formula is C16H17FN2O. The quantitative estimate of drug-likeness (QED) is 0.794. The fourth-order valence-corrected chi connectivity index (χ4v) is 1.84. The Morgan fingerprint density at radius 2 is 1.70 bits per heavy atom. The fourth-order valence-electron chi connectivity index (χ4n) is 1.84. The number of benzene rings is 2. The number of hydrogen-bond donors (Lipinski definition) is 2. The van der Waals surface area contributed by atoms with Crippen LogP contribution in [0.5, 0.6) is 0 Å². The molecule has 0 heterocycles. The molecule has 0 bridgehead atoms. The van der Waals surface area contributed by atoms with Crippen LogP contribution in [0.4, 0.5) is 10.1 Å². The van der Waals surface area contributed by atoms with Crippen molar-refractivity contribution in [3.8, 4) is 0 Å². The maximum atomic E-state index is 13.3. The lowest BCUT2D eigenvalue weighted by Crippen LogP contribution is -2.29. The van der Waals surface area contributed by atoms with Crippen LogP contribution in [0, 0.1) is 5.82 Å². The van der Waals surface area contributed by atoms with Crippen molar-refractivity contribution < 1.29 is 9.18 Å². The number of anilines is 1. The molecule has 0 saturated carbocycles. The van der Waals surface area contributed by atoms with Crippen LogP contribution in [0.3, 0.4) is 0 Å². The van der Waals surface area contributed by atoms with Crippen molar-refractivity contribution in [3.05, 3.63) is 66.0 Å². The number of halogens is 1. The zero-order chi connectivity index (χ0) is 14.2. The molecule has 0 radical (unpaired) electrons. The second-order valence-electron chi connectivity index (χ2n) is 4.44. The maximum Gasteiger partial charge on any atom is 0.238 e. The zero-order valence-electron chi connectivity index (χ0n) is 11.1. The Balaban J connectivity index is 1.69. The highest BCUT2D eigenvalue weighted by atomic mass is 19.1. The average Bonchev–Trinajstić information content (AvgIpc) is 2.47. The van der Waals surface area contributed by atoms with Gasteiger partial charge in [0.25, 0.3) is 0 Å². The van der Waals surface area contributed by atoms with Crippen LogP contribution < -0.4 is 10.6 Å². The third kappa shape index (κ3) is 4.48. The van der Waals surface area contributed by atoms with Crippen molar-refractivity contribution in [1.82, 2.24) is 5.32 Å². The molecule has 2 rings (SSSR count). The van der Waals surface area contributed by atoms with Gasteiger partial charge in [-0.1, -0.05) is 42.5 Å². The monoisotopic (exact) mass is 272 g/mol. The largest absolute Gasteiger partial charge is 0.322 e. The molecule has 2 aromatic carbocycles. The van der Waals surface area contributed by atoms with Crippen molar-refractivity contribution in [1.29, 1.82) is 0 Å². The highest BCUT2D eigenvalue weighted by Gasteiger charge is 2.05. The van der Waals surface area contributed by atoms with Gasteiger partial charge in [-0.2, -0.15) is 0 Å². The van der Waals surface area contributed by atoms with Gasteiger partial charge >= 0.3 is 0 Å². The summed E-state index contributed by atoms with van der Waals surface area (Å²) in [4.78, 5) is 11.6. The van der Waals surface area contributed by atoms with E-state index in [0.717, 1.165) is 6.42 Å². The predicted octanol–water partition coefficient (Wildman–Crippen LogP) is 2.60. The second kappa shape index (κ2) is 7.40. The highest BCUT2D eigenvalue weighted by molar-refractivity contribution is 5.92. The summed E-state index contributed by atoms with van der Waals surface area (Å²) in [5.74, 6) is -0.673. The number of hydrogen-bond acceptors (Lipinski definition) is 2. The molecule has 0 saturated heterocycles. The first-order valence-corrected chi connectivity index (χ1v) is 6.55. The van der Waals surface area contributed by atoms with Crippen LogP contribution in [0.15, 0.2) is 54.6 Å². The van der Waals surface area contributed by atoms with E-state index in [0.29, 0.717) is 6.54 Å². The van der Waals surface area contributed by atoms with E-state index < -0.39 is 5.82 Å². The summed E-state index contributed by atoms with van der Waals surface area (Å²) in [6.07, 6.45) is 0.855. The van der Waals surface area contributed by atoms with E-state index in [9.17, 15) is 9.18 Å². The molecule has 0 spiro atoms. The Morgan fingerprint density at radius 3 is 2.45 bits per heavy atom. The molecule has 2 N–H and O–H groups in total. The highest BCUT2D eigenvalue weighted by Crippen LogP contribution is 2.11. The minimum absolute atomic E-state index is 0.168. The molecule has 1 amide bonds. The molecule has 0 aliphatic rings. The molecule has 0 unspecified atom stereocenters. The van der Waals surface area contributed by atoms with Gasteiger partial charge in [-0.15, -0.1) is 0 Å². The van der Waals surface area contributed by atoms with Crippen LogP contribution in [0.25, 0.3) is 0 Å². The standard InChI is InChI=1S/C16H17FN2O/c17-14-8-4-5-9-15(14)19-16(20)12-18-11-10-13-6-2-1-3-7-13/h1-9,18H,10-12H2,(H,19,20). The summed E-state index contributed by atoms with van der Waals surface area (Å²) in [5.41, 5.74) is 1.43. The first-order valence-electron chi connectivity index (χ1n) is 6.55. The van der Waals surface area contributed by atoms with Gasteiger partial charge < -0.3 is 10.6 Å². The van der Waals surface area contributed by atoms with Gasteiger partial charge in [0.15, 0.2) is 0 Å². The first kappa shape index (κ1) is 14.2. The van der Waals surface area contributed by atoms with Crippen molar-refractivity contribution in [2.45, 2.75) is 6.42 Å². The Hall–Kier alpha value is -2.20. The summed E-state index contributed by atoms with van der Waals surface area (Å²) in [7, 11) is 0. The number of rotatable bonds is 6. The van der Waals surface area contributed by atoms with Crippen LogP contribution in [-0.4, -0.2) is 19.0 Å². The summed E-state index contributed by atoms with van der Waals surface area (Å²) < 4.78 is 13.3. The molecular weight excluding hydrogens is 255 g/mol. The van der Waals surface area contributed by atoms with Crippen molar-refractivity contribution >= 4 is 11.6 Å². The van der Waals surface area contributed by atoms with Gasteiger partial charge in [-0.05, 0) is 30.7 Å². The second-order valence-corrected chi connectivity index (χ2v) is 4.44. The fraction of sp³-hybridized carbons (Fsp3) is 0.188. The summed E-state index contributed by atoms with van der Waals surface area (Å²) in [5, 5.41) is 5.57. The molecule has 0 aliphatic carbocycles. The number of para-hydroxylation sites is 1. The van der Waals surface area contributed by atoms with Crippen LogP contribution in [0.1, 0.15) is 5.56 Å². The SMILES string of the molecule is O=C(CNCCc1ccccc1)Nc1ccccc1F. The molecule has 4 heteroatoms. The maximum absolute atomic E-state index is 13.3. The Labute approximate surface area is 117 Å². The van der Waals surface area contributed by atoms with Crippen LogP contribution in [-0.2, 0) is 11.2 Å². The van der Waals surface area contributed by atoms with Crippen molar-refractivity contribution in [3.63, 3.8) is 0 Å². The van der Waals surface area contributed by atoms with Crippen molar-refractivity contribution in [2.24, 2.45) is 0 Å². The summed E-state index contributed by atoms with van der Waals surface area (Å²) in [6, 6.07) is 16.2. The summed E-state index contributed by atoms with van der Waals surface area (Å²) >= 11 is 0. The van der Waals surface area contributed by atoms with Gasteiger partial charge in [0.2, 0.25) is 5.91 Å². The Bertz CT molecular complexity index is 557. The van der Waals surface area contributed by atoms with E-state index >= 15 is 0 Å². The molecule has 2 aromatic rings. The third-order valence-corrected chi connectivity index (χ3v) is 2.87. The van der Waals surface area contributed by atoms with Gasteiger partial charge in [-0.25, -0.2) is 4.39 Å². The van der Waals surface area contributed by atoms with E-state index in [-0.39, 0.29) is 18.1 Å². The van der Waals surface area contributed by atoms with Gasteiger partial charge in [0.1, 0.15) is 5.82 Å². The topological polar surface area (TPSA) is 41.1 Å². The predicted molar refractivity (Wildman–Crippen MR) is 78.0 cm³/mol. The minimum Gasteiger partial charge on any atom is -0.322 e. The zero-order valence-corrected chi connectivity index (χ0v) is 11.1. The lowest BCUT2D eigenvalue weighted by atomic mass is 10.1. The third-order valence-electron chi connectivity index (χ3n) is 2.87. The molecule has 0 aromatic heterocycles. The molecule has 20 heavy (non-hydrogen) atoms. The number of carbonyl (C=O) groups excluding carboxylic acids is 1. The molecule has 0 aliphatic heterocycles. The lowest BCUT2D eigenvalue weighted by molar-refractivity contribution is -0.115. The molecule has 104 valence electrons. The average molecular weight is 272 g/mol. The Morgan fingerprint density at radius 1 is 1.00 bits per heavy atom. The van der Waals surface area contributed by atoms with Crippen LogP contribution >= 0.6 is 0 Å². The first-order chi connectivity index (χ1) is 9.75. The van der Waals surface area contributed by atoms with E-state index in [1.54, 1.807) is 12.1 Å². The van der Waals surface area contributed by atoms with E-state index in [1.807, 2.05) is 30.3 Å². The van der Waals surface area contributed by atoms with Gasteiger partial charge in [0.05, 0.1) is 12.2 Å². The van der Waals surface area contributed by atoms with E-state index in [4.69, 9.17) is 0 Å². The van der Waals surface area contributed by atoms with Crippen LogP contribution in [0.2, 0.25) is 0 Å².